The summed E-state index contributed by atoms with van der Waals surface area (Å²) in [6.07, 6.45) is 2.39. The summed E-state index contributed by atoms with van der Waals surface area (Å²) in [6, 6.07) is 0.582. The van der Waals surface area contributed by atoms with E-state index in [4.69, 9.17) is 0 Å². The summed E-state index contributed by atoms with van der Waals surface area (Å²) >= 11 is 4.47. The van der Waals surface area contributed by atoms with Gasteiger partial charge in [0.05, 0.1) is 0 Å². The van der Waals surface area contributed by atoms with Gasteiger partial charge in [0.2, 0.25) is 0 Å². The summed E-state index contributed by atoms with van der Waals surface area (Å²) in [5, 5.41) is 6.74. The standard InChI is InChI=1S/C11H26N2S/c1-5-11(9-14,8-12-4)6-7-13-10(2)3/h10,12-14H,5-9H2,1-4H3. The predicted molar refractivity (Wildman–Crippen MR) is 68.3 cm³/mol. The Labute approximate surface area is 94.6 Å². The molecular formula is C11H26N2S. The van der Waals surface area contributed by atoms with Gasteiger partial charge in [-0.25, -0.2) is 0 Å². The molecule has 0 aliphatic heterocycles. The molecule has 86 valence electrons. The summed E-state index contributed by atoms with van der Waals surface area (Å²) in [5.41, 5.74) is 0.361. The van der Waals surface area contributed by atoms with Crippen LogP contribution in [-0.4, -0.2) is 31.9 Å². The summed E-state index contributed by atoms with van der Waals surface area (Å²) in [6.45, 7) is 8.78. The molecule has 14 heavy (non-hydrogen) atoms. The molecule has 0 aromatic heterocycles. The molecule has 0 amide bonds. The Morgan fingerprint density at radius 1 is 1.36 bits per heavy atom. The molecule has 2 nitrogen and oxygen atoms in total. The third-order valence-electron chi connectivity index (χ3n) is 2.85. The largest absolute Gasteiger partial charge is 0.319 e. The van der Waals surface area contributed by atoms with Crippen LogP contribution in [0, 0.1) is 5.41 Å². The Morgan fingerprint density at radius 2 is 2.00 bits per heavy atom. The fourth-order valence-electron chi connectivity index (χ4n) is 1.64. The van der Waals surface area contributed by atoms with Crippen LogP contribution in [0.5, 0.6) is 0 Å². The smallest absolute Gasteiger partial charge is 0.00130 e. The molecule has 1 unspecified atom stereocenters. The van der Waals surface area contributed by atoms with E-state index in [0.717, 1.165) is 18.8 Å². The van der Waals surface area contributed by atoms with Crippen LogP contribution in [0.3, 0.4) is 0 Å². The van der Waals surface area contributed by atoms with Crippen LogP contribution in [0.4, 0.5) is 0 Å². The predicted octanol–water partition coefficient (Wildman–Crippen LogP) is 1.92. The maximum atomic E-state index is 4.47. The minimum Gasteiger partial charge on any atom is -0.319 e. The van der Waals surface area contributed by atoms with Crippen LogP contribution in [0.1, 0.15) is 33.6 Å². The average molecular weight is 218 g/mol. The van der Waals surface area contributed by atoms with Crippen molar-refractivity contribution in [3.05, 3.63) is 0 Å². The zero-order valence-corrected chi connectivity index (χ0v) is 11.0. The maximum Gasteiger partial charge on any atom is 0.00130 e. The molecule has 0 aliphatic carbocycles. The van der Waals surface area contributed by atoms with Gasteiger partial charge in [-0.2, -0.15) is 12.6 Å². The molecular weight excluding hydrogens is 192 g/mol. The molecule has 0 heterocycles. The first-order valence-electron chi connectivity index (χ1n) is 5.59. The van der Waals surface area contributed by atoms with Crippen LogP contribution in [0.2, 0.25) is 0 Å². The van der Waals surface area contributed by atoms with Crippen molar-refractivity contribution < 1.29 is 0 Å². The van der Waals surface area contributed by atoms with Crippen molar-refractivity contribution in [2.24, 2.45) is 5.41 Å². The number of thiol groups is 1. The minimum absolute atomic E-state index is 0.361. The number of nitrogens with one attached hydrogen (secondary N) is 2. The average Bonchev–Trinajstić information content (AvgIpc) is 2.16. The van der Waals surface area contributed by atoms with E-state index >= 15 is 0 Å². The highest BCUT2D eigenvalue weighted by atomic mass is 32.1. The summed E-state index contributed by atoms with van der Waals surface area (Å²) in [4.78, 5) is 0. The molecule has 2 N–H and O–H groups in total. The van der Waals surface area contributed by atoms with E-state index in [-0.39, 0.29) is 0 Å². The van der Waals surface area contributed by atoms with E-state index in [1.807, 2.05) is 7.05 Å². The molecule has 0 aromatic rings. The third-order valence-corrected chi connectivity index (χ3v) is 3.52. The van der Waals surface area contributed by atoms with Gasteiger partial charge in [-0.05, 0) is 37.6 Å². The Morgan fingerprint density at radius 3 is 2.36 bits per heavy atom. The highest BCUT2D eigenvalue weighted by Gasteiger charge is 2.25. The van der Waals surface area contributed by atoms with Gasteiger partial charge in [0, 0.05) is 12.6 Å². The van der Waals surface area contributed by atoms with Gasteiger partial charge in [-0.15, -0.1) is 0 Å². The molecule has 0 aliphatic rings. The highest BCUT2D eigenvalue weighted by Crippen LogP contribution is 2.26. The SMILES string of the molecule is CCC(CS)(CCNC(C)C)CNC. The molecule has 3 heteroatoms. The van der Waals surface area contributed by atoms with Gasteiger partial charge in [0.1, 0.15) is 0 Å². The van der Waals surface area contributed by atoms with E-state index in [9.17, 15) is 0 Å². The van der Waals surface area contributed by atoms with E-state index in [1.54, 1.807) is 0 Å². The van der Waals surface area contributed by atoms with Crippen molar-refractivity contribution in [1.29, 1.82) is 0 Å². The highest BCUT2D eigenvalue weighted by molar-refractivity contribution is 7.80. The molecule has 0 fully saturated rings. The zero-order chi connectivity index (χ0) is 11.0. The van der Waals surface area contributed by atoms with E-state index < -0.39 is 0 Å². The normalized spacial score (nSPS) is 15.9. The molecule has 0 rings (SSSR count). The fourth-order valence-corrected chi connectivity index (χ4v) is 2.13. The first-order valence-corrected chi connectivity index (χ1v) is 6.22. The number of rotatable bonds is 8. The zero-order valence-electron chi connectivity index (χ0n) is 10.1. The second-order valence-electron chi connectivity index (χ2n) is 4.40. The van der Waals surface area contributed by atoms with Gasteiger partial charge in [-0.1, -0.05) is 20.8 Å². The Kier molecular flexibility index (Phi) is 7.69. The van der Waals surface area contributed by atoms with Crippen molar-refractivity contribution in [2.75, 3.05) is 25.9 Å². The van der Waals surface area contributed by atoms with Crippen LogP contribution < -0.4 is 10.6 Å². The molecule has 0 radical (unpaired) electrons. The lowest BCUT2D eigenvalue weighted by molar-refractivity contribution is 0.278. The van der Waals surface area contributed by atoms with Crippen molar-refractivity contribution in [3.8, 4) is 0 Å². The lowest BCUT2D eigenvalue weighted by Crippen LogP contribution is -2.37. The molecule has 0 bridgehead atoms. The number of hydrogen-bond donors (Lipinski definition) is 3. The number of hydrogen-bond acceptors (Lipinski definition) is 3. The van der Waals surface area contributed by atoms with E-state index in [2.05, 4.69) is 44.0 Å². The lowest BCUT2D eigenvalue weighted by atomic mass is 9.83. The first-order chi connectivity index (χ1) is 6.60. The molecule has 0 spiro atoms. The summed E-state index contributed by atoms with van der Waals surface area (Å²) in [5.74, 6) is 0.962. The lowest BCUT2D eigenvalue weighted by Gasteiger charge is -2.31. The molecule has 0 saturated heterocycles. The fraction of sp³-hybridized carbons (Fsp3) is 1.00. The molecule has 1 atom stereocenters. The Bertz CT molecular complexity index is 133. The van der Waals surface area contributed by atoms with E-state index in [0.29, 0.717) is 11.5 Å². The summed E-state index contributed by atoms with van der Waals surface area (Å²) in [7, 11) is 2.02. The van der Waals surface area contributed by atoms with Crippen molar-refractivity contribution in [3.63, 3.8) is 0 Å². The van der Waals surface area contributed by atoms with Gasteiger partial charge < -0.3 is 10.6 Å². The van der Waals surface area contributed by atoms with Crippen LogP contribution >= 0.6 is 12.6 Å². The molecule has 0 aromatic carbocycles. The van der Waals surface area contributed by atoms with Crippen molar-refractivity contribution in [2.45, 2.75) is 39.7 Å². The van der Waals surface area contributed by atoms with Crippen LogP contribution in [0.25, 0.3) is 0 Å². The van der Waals surface area contributed by atoms with Crippen molar-refractivity contribution >= 4 is 12.6 Å². The summed E-state index contributed by atoms with van der Waals surface area (Å²) < 4.78 is 0. The van der Waals surface area contributed by atoms with Gasteiger partial charge in [0.15, 0.2) is 0 Å². The topological polar surface area (TPSA) is 24.1 Å². The maximum absolute atomic E-state index is 4.47. The van der Waals surface area contributed by atoms with Crippen molar-refractivity contribution in [1.82, 2.24) is 10.6 Å². The second-order valence-corrected chi connectivity index (χ2v) is 4.72. The third kappa shape index (κ3) is 5.23. The quantitative estimate of drug-likeness (QED) is 0.542. The monoisotopic (exact) mass is 218 g/mol. The van der Waals surface area contributed by atoms with Gasteiger partial charge >= 0.3 is 0 Å². The Hall–Kier alpha value is 0.270. The van der Waals surface area contributed by atoms with Gasteiger partial charge in [0.25, 0.3) is 0 Å². The first kappa shape index (κ1) is 14.3. The van der Waals surface area contributed by atoms with Gasteiger partial charge in [-0.3, -0.25) is 0 Å². The Balaban J connectivity index is 3.94. The van der Waals surface area contributed by atoms with Crippen LogP contribution in [-0.2, 0) is 0 Å². The molecule has 0 saturated carbocycles. The van der Waals surface area contributed by atoms with Crippen LogP contribution in [0.15, 0.2) is 0 Å². The second kappa shape index (κ2) is 7.55. The minimum atomic E-state index is 0.361. The van der Waals surface area contributed by atoms with E-state index in [1.165, 1.54) is 12.8 Å².